The van der Waals surface area contributed by atoms with E-state index in [1.54, 1.807) is 29.7 Å². The van der Waals surface area contributed by atoms with Gasteiger partial charge in [0.1, 0.15) is 0 Å². The molecule has 0 fully saturated rings. The number of benzene rings is 1. The van der Waals surface area contributed by atoms with Gasteiger partial charge < -0.3 is 0 Å². The van der Waals surface area contributed by atoms with E-state index in [4.69, 9.17) is 11.6 Å². The van der Waals surface area contributed by atoms with Crippen LogP contribution < -0.4 is 4.80 Å². The molecule has 0 unspecified atom stereocenters. The van der Waals surface area contributed by atoms with Gasteiger partial charge in [-0.25, -0.2) is 4.68 Å². The van der Waals surface area contributed by atoms with Crippen LogP contribution in [-0.2, 0) is 5.41 Å². The highest BCUT2D eigenvalue weighted by atomic mass is 35.5. The minimum Gasteiger partial charge on any atom is -0.261 e. The highest BCUT2D eigenvalue weighted by molar-refractivity contribution is 7.19. The lowest BCUT2D eigenvalue weighted by Crippen LogP contribution is -2.12. The molecule has 3 aromatic rings. The van der Waals surface area contributed by atoms with Crippen molar-refractivity contribution in [1.82, 2.24) is 4.68 Å². The fraction of sp³-hybridized carbons (Fsp3) is 0.263. The summed E-state index contributed by atoms with van der Waals surface area (Å²) in [4.78, 5) is 6.25. The number of nitrogens with zero attached hydrogens (tertiary/aromatic N) is 3. The monoisotopic (exact) mass is 389 g/mol. The molecule has 0 saturated heterocycles. The number of halogens is 1. The van der Waals surface area contributed by atoms with Gasteiger partial charge in [-0.1, -0.05) is 56.6 Å². The predicted octanol–water partition coefficient (Wildman–Crippen LogP) is 5.64. The summed E-state index contributed by atoms with van der Waals surface area (Å²) in [5.74, 6) is 0. The van der Waals surface area contributed by atoms with E-state index in [9.17, 15) is 0 Å². The van der Waals surface area contributed by atoms with Crippen LogP contribution in [0.25, 0.3) is 10.6 Å². The van der Waals surface area contributed by atoms with Gasteiger partial charge >= 0.3 is 0 Å². The predicted molar refractivity (Wildman–Crippen MR) is 110 cm³/mol. The van der Waals surface area contributed by atoms with E-state index in [2.05, 4.69) is 60.5 Å². The molecule has 0 atom stereocenters. The smallest absolute Gasteiger partial charge is 0.205 e. The van der Waals surface area contributed by atoms with Gasteiger partial charge in [-0.3, -0.25) is 4.99 Å². The molecule has 6 heteroatoms. The molecule has 2 aromatic heterocycles. The summed E-state index contributed by atoms with van der Waals surface area (Å²) in [6, 6.07) is 12.4. The second-order valence-electron chi connectivity index (χ2n) is 6.66. The molecule has 0 amide bonds. The maximum absolute atomic E-state index is 6.08. The largest absolute Gasteiger partial charge is 0.261 e. The van der Waals surface area contributed by atoms with Crippen LogP contribution in [0.4, 0.5) is 0 Å². The van der Waals surface area contributed by atoms with Crippen molar-refractivity contribution >= 4 is 40.5 Å². The molecule has 0 saturated carbocycles. The Morgan fingerprint density at radius 3 is 2.36 bits per heavy atom. The maximum atomic E-state index is 6.08. The molecule has 0 spiro atoms. The van der Waals surface area contributed by atoms with Crippen molar-refractivity contribution in [3.8, 4) is 10.6 Å². The lowest BCUT2D eigenvalue weighted by Gasteiger charge is -2.18. The normalized spacial score (nSPS) is 13.1. The van der Waals surface area contributed by atoms with Crippen LogP contribution in [-0.4, -0.2) is 17.9 Å². The molecule has 0 aliphatic rings. The van der Waals surface area contributed by atoms with Gasteiger partial charge in [-0.15, -0.1) is 22.7 Å². The number of thiophene rings is 1. The first-order valence-electron chi connectivity index (χ1n) is 7.92. The summed E-state index contributed by atoms with van der Waals surface area (Å²) in [5.41, 5.74) is 3.53. The fourth-order valence-corrected chi connectivity index (χ4v) is 4.29. The molecule has 1 aromatic carbocycles. The van der Waals surface area contributed by atoms with Crippen LogP contribution in [0.3, 0.4) is 0 Å². The standard InChI is InChI=1S/C19H20ClN3S2/c1-19(2,3)14-7-5-13(6-8-14)11-22-23-15(12-24-18(23)21-4)16-9-10-17(20)25-16/h5-12H,1-4H3/b21-18?,22-11-. The first-order chi connectivity index (χ1) is 11.9. The fourth-order valence-electron chi connectivity index (χ4n) is 2.38. The summed E-state index contributed by atoms with van der Waals surface area (Å²) >= 11 is 9.19. The number of rotatable bonds is 3. The van der Waals surface area contributed by atoms with Gasteiger partial charge in [0.2, 0.25) is 4.80 Å². The topological polar surface area (TPSA) is 29.6 Å². The van der Waals surface area contributed by atoms with E-state index < -0.39 is 0 Å². The Bertz CT molecular complexity index is 954. The van der Waals surface area contributed by atoms with Crippen molar-refractivity contribution in [2.24, 2.45) is 10.1 Å². The molecule has 3 rings (SSSR count). The average molecular weight is 390 g/mol. The molecule has 130 valence electrons. The van der Waals surface area contributed by atoms with Crippen molar-refractivity contribution in [2.75, 3.05) is 7.05 Å². The van der Waals surface area contributed by atoms with Crippen LogP contribution in [0, 0.1) is 0 Å². The van der Waals surface area contributed by atoms with Gasteiger partial charge in [-0.05, 0) is 28.7 Å². The van der Waals surface area contributed by atoms with Crippen LogP contribution in [0.1, 0.15) is 31.9 Å². The Kier molecular flexibility index (Phi) is 5.27. The van der Waals surface area contributed by atoms with Crippen molar-refractivity contribution in [3.63, 3.8) is 0 Å². The molecule has 0 aliphatic heterocycles. The average Bonchev–Trinajstić information content (AvgIpc) is 3.18. The van der Waals surface area contributed by atoms with E-state index in [0.717, 1.165) is 25.3 Å². The Morgan fingerprint density at radius 2 is 1.80 bits per heavy atom. The van der Waals surface area contributed by atoms with E-state index in [-0.39, 0.29) is 5.41 Å². The summed E-state index contributed by atoms with van der Waals surface area (Å²) in [6.45, 7) is 6.64. The van der Waals surface area contributed by atoms with Gasteiger partial charge in [0.25, 0.3) is 0 Å². The lowest BCUT2D eigenvalue weighted by atomic mass is 9.87. The summed E-state index contributed by atoms with van der Waals surface area (Å²) < 4.78 is 2.63. The Hall–Kier alpha value is -1.69. The molecular weight excluding hydrogens is 370 g/mol. The van der Waals surface area contributed by atoms with Gasteiger partial charge in [0, 0.05) is 12.4 Å². The second kappa shape index (κ2) is 7.28. The third kappa shape index (κ3) is 4.11. The van der Waals surface area contributed by atoms with Crippen LogP contribution >= 0.6 is 34.3 Å². The number of aromatic nitrogens is 1. The number of hydrogen-bond acceptors (Lipinski definition) is 4. The molecular formula is C19H20ClN3S2. The highest BCUT2D eigenvalue weighted by Gasteiger charge is 2.13. The Labute approximate surface area is 161 Å². The van der Waals surface area contributed by atoms with Crippen molar-refractivity contribution in [3.05, 3.63) is 62.0 Å². The minimum atomic E-state index is 0.150. The van der Waals surface area contributed by atoms with Crippen molar-refractivity contribution in [1.29, 1.82) is 0 Å². The third-order valence-corrected chi connectivity index (χ3v) is 5.96. The SMILES string of the molecule is CN=c1scc(-c2ccc(Cl)s2)n1/N=C\c1ccc(C(C)(C)C)cc1. The Morgan fingerprint density at radius 1 is 1.08 bits per heavy atom. The maximum Gasteiger partial charge on any atom is 0.205 e. The van der Waals surface area contributed by atoms with E-state index in [1.807, 2.05) is 23.0 Å². The first kappa shape index (κ1) is 18.1. The zero-order valence-corrected chi connectivity index (χ0v) is 17.0. The van der Waals surface area contributed by atoms with Crippen molar-refractivity contribution < 1.29 is 0 Å². The van der Waals surface area contributed by atoms with Crippen LogP contribution in [0.2, 0.25) is 4.34 Å². The molecule has 0 aliphatic carbocycles. The Balaban J connectivity index is 1.95. The molecule has 0 bridgehead atoms. The zero-order valence-electron chi connectivity index (χ0n) is 14.7. The molecule has 3 nitrogen and oxygen atoms in total. The van der Waals surface area contributed by atoms with Crippen molar-refractivity contribution in [2.45, 2.75) is 26.2 Å². The summed E-state index contributed by atoms with van der Waals surface area (Å²) in [7, 11) is 1.78. The number of hydrogen-bond donors (Lipinski definition) is 0. The van der Waals surface area contributed by atoms with E-state index in [0.29, 0.717) is 0 Å². The lowest BCUT2D eigenvalue weighted by molar-refractivity contribution is 0.590. The van der Waals surface area contributed by atoms with Gasteiger partial charge in [0.05, 0.1) is 21.1 Å². The third-order valence-electron chi connectivity index (χ3n) is 3.80. The van der Waals surface area contributed by atoms with Crippen LogP contribution in [0.5, 0.6) is 0 Å². The van der Waals surface area contributed by atoms with E-state index >= 15 is 0 Å². The van der Waals surface area contributed by atoms with E-state index in [1.165, 1.54) is 5.56 Å². The molecule has 0 N–H and O–H groups in total. The summed E-state index contributed by atoms with van der Waals surface area (Å²) in [6.07, 6.45) is 1.87. The molecule has 2 heterocycles. The zero-order chi connectivity index (χ0) is 18.0. The van der Waals surface area contributed by atoms with Gasteiger partial charge in [0.15, 0.2) is 0 Å². The summed E-state index contributed by atoms with van der Waals surface area (Å²) in [5, 5.41) is 6.72. The molecule has 0 radical (unpaired) electrons. The first-order valence-corrected chi connectivity index (χ1v) is 10.00. The second-order valence-corrected chi connectivity index (χ2v) is 9.21. The minimum absolute atomic E-state index is 0.150. The quantitative estimate of drug-likeness (QED) is 0.519. The van der Waals surface area contributed by atoms with Crippen LogP contribution in [0.15, 0.2) is 51.9 Å². The number of thiazole rings is 1. The van der Waals surface area contributed by atoms with Gasteiger partial charge in [-0.2, -0.15) is 5.10 Å². The highest BCUT2D eigenvalue weighted by Crippen LogP contribution is 2.31. The molecule has 25 heavy (non-hydrogen) atoms.